The predicted molar refractivity (Wildman–Crippen MR) is 154 cm³/mol. The van der Waals surface area contributed by atoms with E-state index in [4.69, 9.17) is 56.8 Å². The average molecular weight is 650 g/mol. The Bertz CT molecular complexity index is 465. The summed E-state index contributed by atoms with van der Waals surface area (Å²) in [5.41, 5.74) is 0. The Labute approximate surface area is 249 Å². The molecular formula is C27H53BrO12. The Kier molecular flexibility index (Phi) is 38.5. The molecule has 0 aromatic heterocycles. The van der Waals surface area contributed by atoms with Crippen LogP contribution in [0.15, 0.2) is 12.7 Å². The molecular weight excluding hydrogens is 596 g/mol. The summed E-state index contributed by atoms with van der Waals surface area (Å²) < 4.78 is 64.8. The van der Waals surface area contributed by atoms with Crippen LogP contribution in [0.25, 0.3) is 0 Å². The number of ether oxygens (including phenoxy) is 12. The Hall–Kier alpha value is -0.260. The molecule has 0 saturated carbocycles. The molecule has 0 unspecified atom stereocenters. The lowest BCUT2D eigenvalue weighted by Crippen LogP contribution is -2.15. The molecule has 0 spiro atoms. The molecule has 0 saturated heterocycles. The molecule has 0 heterocycles. The molecule has 0 radical (unpaired) electrons. The number of hydrogen-bond donors (Lipinski definition) is 0. The average Bonchev–Trinajstić information content (AvgIpc) is 2.97. The second-order valence-corrected chi connectivity index (χ2v) is 8.58. The van der Waals surface area contributed by atoms with Crippen LogP contribution in [0.4, 0.5) is 0 Å². The van der Waals surface area contributed by atoms with E-state index in [2.05, 4.69) is 22.5 Å². The maximum absolute atomic E-state index is 5.46. The van der Waals surface area contributed by atoms with E-state index in [9.17, 15) is 0 Å². The summed E-state index contributed by atoms with van der Waals surface area (Å²) in [7, 11) is 0. The molecule has 0 atom stereocenters. The normalized spacial score (nSPS) is 11.4. The van der Waals surface area contributed by atoms with Crippen molar-refractivity contribution in [1.82, 2.24) is 0 Å². The van der Waals surface area contributed by atoms with E-state index >= 15 is 0 Å². The van der Waals surface area contributed by atoms with Crippen LogP contribution in [0.1, 0.15) is 0 Å². The Morgan fingerprint density at radius 2 is 0.475 bits per heavy atom. The van der Waals surface area contributed by atoms with Crippen LogP contribution in [-0.4, -0.2) is 164 Å². The van der Waals surface area contributed by atoms with Crippen molar-refractivity contribution in [3.63, 3.8) is 0 Å². The predicted octanol–water partition coefficient (Wildman–Crippen LogP) is 1.77. The molecule has 0 aliphatic heterocycles. The van der Waals surface area contributed by atoms with Gasteiger partial charge in [0.15, 0.2) is 0 Å². The minimum absolute atomic E-state index is 0.516. The number of alkyl halides is 1. The van der Waals surface area contributed by atoms with Gasteiger partial charge in [0.05, 0.1) is 159 Å². The minimum Gasteiger partial charge on any atom is -0.378 e. The topological polar surface area (TPSA) is 111 Å². The van der Waals surface area contributed by atoms with Gasteiger partial charge in [0.2, 0.25) is 0 Å². The number of rotatable bonds is 37. The molecule has 40 heavy (non-hydrogen) atoms. The molecule has 13 heteroatoms. The lowest BCUT2D eigenvalue weighted by molar-refractivity contribution is -0.0280. The first-order valence-corrected chi connectivity index (χ1v) is 15.1. The smallest absolute Gasteiger partial charge is 0.0704 e. The first-order valence-electron chi connectivity index (χ1n) is 14.0. The Morgan fingerprint density at radius 3 is 0.650 bits per heavy atom. The van der Waals surface area contributed by atoms with E-state index in [1.54, 1.807) is 6.08 Å². The maximum Gasteiger partial charge on any atom is 0.0704 e. The lowest BCUT2D eigenvalue weighted by Gasteiger charge is -2.09. The van der Waals surface area contributed by atoms with E-state index < -0.39 is 0 Å². The molecule has 0 bridgehead atoms. The van der Waals surface area contributed by atoms with Crippen molar-refractivity contribution in [3.8, 4) is 0 Å². The molecule has 0 aromatic rings. The molecule has 0 amide bonds. The molecule has 0 N–H and O–H groups in total. The molecule has 12 nitrogen and oxygen atoms in total. The second-order valence-electron chi connectivity index (χ2n) is 7.79. The lowest BCUT2D eigenvalue weighted by atomic mass is 10.6. The highest BCUT2D eigenvalue weighted by Gasteiger charge is 1.96. The third kappa shape index (κ3) is 37.7. The van der Waals surface area contributed by atoms with Crippen LogP contribution in [0, 0.1) is 0 Å². The van der Waals surface area contributed by atoms with Gasteiger partial charge in [0, 0.05) is 5.33 Å². The van der Waals surface area contributed by atoms with Gasteiger partial charge in [0.1, 0.15) is 0 Å². The fourth-order valence-corrected chi connectivity index (χ4v) is 2.87. The van der Waals surface area contributed by atoms with Crippen LogP contribution in [-0.2, 0) is 56.8 Å². The van der Waals surface area contributed by atoms with Gasteiger partial charge in [-0.2, -0.15) is 0 Å². The summed E-state index contributed by atoms with van der Waals surface area (Å²) in [4.78, 5) is 0. The standard InChI is InChI=1S/C27H53BrO12/c1-2-4-29-6-8-31-10-12-33-14-16-35-18-20-37-22-24-39-26-27-40-25-23-38-21-19-36-17-15-34-13-11-32-9-7-30-5-3-28/h2H,1,3-27H2. The van der Waals surface area contributed by atoms with E-state index in [1.165, 1.54) is 0 Å². The van der Waals surface area contributed by atoms with Crippen molar-refractivity contribution in [2.45, 2.75) is 0 Å². The second kappa shape index (κ2) is 38.7. The fraction of sp³-hybridized carbons (Fsp3) is 0.926. The van der Waals surface area contributed by atoms with E-state index in [0.29, 0.717) is 159 Å². The molecule has 0 rings (SSSR count). The van der Waals surface area contributed by atoms with E-state index in [1.807, 2.05) is 0 Å². The van der Waals surface area contributed by atoms with Crippen molar-refractivity contribution in [3.05, 3.63) is 12.7 Å². The monoisotopic (exact) mass is 648 g/mol. The Morgan fingerprint density at radius 1 is 0.300 bits per heavy atom. The number of hydrogen-bond acceptors (Lipinski definition) is 12. The zero-order valence-corrected chi connectivity index (χ0v) is 25.8. The quantitative estimate of drug-likeness (QED) is 0.0556. The summed E-state index contributed by atoms with van der Waals surface area (Å²) in [6.07, 6.45) is 1.71. The van der Waals surface area contributed by atoms with Gasteiger partial charge in [-0.1, -0.05) is 22.0 Å². The van der Waals surface area contributed by atoms with Gasteiger partial charge in [0.25, 0.3) is 0 Å². The van der Waals surface area contributed by atoms with Gasteiger partial charge in [-0.3, -0.25) is 0 Å². The molecule has 240 valence electrons. The van der Waals surface area contributed by atoms with Crippen molar-refractivity contribution >= 4 is 15.9 Å². The summed E-state index contributed by atoms with van der Waals surface area (Å²) in [5, 5.41) is 0.838. The van der Waals surface area contributed by atoms with E-state index in [0.717, 1.165) is 5.33 Å². The first kappa shape index (κ1) is 39.7. The minimum atomic E-state index is 0.516. The molecule has 0 aliphatic carbocycles. The maximum atomic E-state index is 5.46. The summed E-state index contributed by atoms with van der Waals surface area (Å²) >= 11 is 3.30. The van der Waals surface area contributed by atoms with Crippen molar-refractivity contribution in [1.29, 1.82) is 0 Å². The fourth-order valence-electron chi connectivity index (χ4n) is 2.64. The SMILES string of the molecule is C=CCOCCOCCOCCOCCOCCOCCOCCOCCOCCOCCOCCOCCBr. The van der Waals surface area contributed by atoms with Crippen molar-refractivity contribution < 1.29 is 56.8 Å². The summed E-state index contributed by atoms with van der Waals surface area (Å²) in [5.74, 6) is 0. The van der Waals surface area contributed by atoms with Crippen LogP contribution in [0.5, 0.6) is 0 Å². The highest BCUT2D eigenvalue weighted by Crippen LogP contribution is 1.87. The van der Waals surface area contributed by atoms with E-state index in [-0.39, 0.29) is 0 Å². The first-order chi connectivity index (χ1) is 19.9. The zero-order chi connectivity index (χ0) is 28.9. The van der Waals surface area contributed by atoms with Crippen LogP contribution < -0.4 is 0 Å². The van der Waals surface area contributed by atoms with Crippen LogP contribution in [0.3, 0.4) is 0 Å². The van der Waals surface area contributed by atoms with Crippen LogP contribution >= 0.6 is 15.9 Å². The van der Waals surface area contributed by atoms with Crippen molar-refractivity contribution in [2.24, 2.45) is 0 Å². The third-order valence-electron chi connectivity index (χ3n) is 4.55. The van der Waals surface area contributed by atoms with Gasteiger partial charge >= 0.3 is 0 Å². The van der Waals surface area contributed by atoms with Gasteiger partial charge in [-0.15, -0.1) is 6.58 Å². The Balaban J connectivity index is 3.02. The zero-order valence-electron chi connectivity index (χ0n) is 24.2. The molecule has 0 fully saturated rings. The summed E-state index contributed by atoms with van der Waals surface area (Å²) in [6, 6.07) is 0. The largest absolute Gasteiger partial charge is 0.378 e. The van der Waals surface area contributed by atoms with Crippen LogP contribution in [0.2, 0.25) is 0 Å². The van der Waals surface area contributed by atoms with Gasteiger partial charge in [-0.25, -0.2) is 0 Å². The van der Waals surface area contributed by atoms with Gasteiger partial charge < -0.3 is 56.8 Å². The highest BCUT2D eigenvalue weighted by atomic mass is 79.9. The van der Waals surface area contributed by atoms with Gasteiger partial charge in [-0.05, 0) is 0 Å². The summed E-state index contributed by atoms with van der Waals surface area (Å²) in [6.45, 7) is 16.6. The number of halogens is 1. The highest BCUT2D eigenvalue weighted by molar-refractivity contribution is 9.09. The van der Waals surface area contributed by atoms with Crippen molar-refractivity contribution in [2.75, 3.05) is 164 Å². The molecule has 0 aliphatic rings. The third-order valence-corrected chi connectivity index (χ3v) is 4.87. The molecule has 0 aromatic carbocycles.